The van der Waals surface area contributed by atoms with Gasteiger partial charge in [0, 0.05) is 13.1 Å². The molecule has 19 heavy (non-hydrogen) atoms. The van der Waals surface area contributed by atoms with Crippen LogP contribution in [0.5, 0.6) is 0 Å². The average Bonchev–Trinajstić information content (AvgIpc) is 2.39. The Bertz CT molecular complexity index is 598. The number of nitrogens with zero attached hydrogens (tertiary/aromatic N) is 3. The van der Waals surface area contributed by atoms with Crippen molar-refractivity contribution >= 4 is 22.8 Å². The van der Waals surface area contributed by atoms with Gasteiger partial charge in [-0.25, -0.2) is 9.97 Å². The van der Waals surface area contributed by atoms with Gasteiger partial charge in [0.15, 0.2) is 5.82 Å². The van der Waals surface area contributed by atoms with Crippen LogP contribution in [0.3, 0.4) is 0 Å². The smallest absolute Gasteiger partial charge is 0.305 e. The van der Waals surface area contributed by atoms with Crippen LogP contribution in [0.15, 0.2) is 24.3 Å². The van der Waals surface area contributed by atoms with Crippen molar-refractivity contribution in [2.45, 2.75) is 20.3 Å². The number of aromatic nitrogens is 2. The minimum atomic E-state index is -0.801. The first-order valence-electron chi connectivity index (χ1n) is 6.32. The zero-order valence-corrected chi connectivity index (χ0v) is 11.1. The lowest BCUT2D eigenvalue weighted by Gasteiger charge is -2.22. The lowest BCUT2D eigenvalue weighted by atomic mass is 10.2. The molecule has 0 aliphatic heterocycles. The fourth-order valence-electron chi connectivity index (χ4n) is 2.02. The number of fused-ring (bicyclic) bond motifs is 1. The van der Waals surface area contributed by atoms with E-state index in [2.05, 4.69) is 9.97 Å². The summed E-state index contributed by atoms with van der Waals surface area (Å²) in [6.45, 7) is 5.04. The molecule has 0 aliphatic carbocycles. The summed E-state index contributed by atoms with van der Waals surface area (Å²) in [7, 11) is 0. The number of benzene rings is 1. The Labute approximate surface area is 111 Å². The number of rotatable bonds is 5. The van der Waals surface area contributed by atoms with E-state index in [4.69, 9.17) is 5.11 Å². The monoisotopic (exact) mass is 259 g/mol. The molecule has 2 aromatic rings. The van der Waals surface area contributed by atoms with Gasteiger partial charge in [0.05, 0.1) is 23.1 Å². The number of anilines is 1. The van der Waals surface area contributed by atoms with Crippen LogP contribution in [0.2, 0.25) is 0 Å². The third kappa shape index (κ3) is 2.99. The molecule has 1 N–H and O–H groups in total. The number of hydrogen-bond acceptors (Lipinski definition) is 4. The van der Waals surface area contributed by atoms with Crippen molar-refractivity contribution < 1.29 is 9.90 Å². The van der Waals surface area contributed by atoms with E-state index >= 15 is 0 Å². The van der Waals surface area contributed by atoms with E-state index in [-0.39, 0.29) is 6.42 Å². The van der Waals surface area contributed by atoms with Crippen LogP contribution >= 0.6 is 0 Å². The summed E-state index contributed by atoms with van der Waals surface area (Å²) in [5, 5.41) is 8.78. The highest BCUT2D eigenvalue weighted by molar-refractivity contribution is 5.76. The highest BCUT2D eigenvalue weighted by Gasteiger charge is 2.12. The topological polar surface area (TPSA) is 66.3 Å². The molecule has 0 bridgehead atoms. The molecule has 0 atom stereocenters. The maximum Gasteiger partial charge on any atom is 0.305 e. The van der Waals surface area contributed by atoms with Crippen LogP contribution in [0, 0.1) is 6.92 Å². The first-order valence-corrected chi connectivity index (χ1v) is 6.32. The van der Waals surface area contributed by atoms with E-state index in [1.807, 2.05) is 43.0 Å². The lowest BCUT2D eigenvalue weighted by Crippen LogP contribution is -2.27. The molecule has 0 spiro atoms. The van der Waals surface area contributed by atoms with Gasteiger partial charge >= 0.3 is 5.97 Å². The van der Waals surface area contributed by atoms with Gasteiger partial charge in [-0.05, 0) is 26.0 Å². The number of aryl methyl sites for hydroxylation is 1. The fraction of sp³-hybridized carbons (Fsp3) is 0.357. The first-order chi connectivity index (χ1) is 9.11. The summed E-state index contributed by atoms with van der Waals surface area (Å²) in [5.41, 5.74) is 2.51. The third-order valence-electron chi connectivity index (χ3n) is 3.00. The molecule has 0 aliphatic rings. The Kier molecular flexibility index (Phi) is 3.94. The summed E-state index contributed by atoms with van der Waals surface area (Å²) < 4.78 is 0. The number of carboxylic acids is 1. The van der Waals surface area contributed by atoms with Crippen LogP contribution in [0.4, 0.5) is 5.82 Å². The number of carboxylic acid groups (broad SMARTS) is 1. The largest absolute Gasteiger partial charge is 0.481 e. The normalized spacial score (nSPS) is 10.6. The van der Waals surface area contributed by atoms with Crippen LogP contribution < -0.4 is 4.90 Å². The van der Waals surface area contributed by atoms with E-state index in [0.717, 1.165) is 22.5 Å². The van der Waals surface area contributed by atoms with Gasteiger partial charge in [-0.3, -0.25) is 4.79 Å². The SMILES string of the molecule is CCN(CCC(=O)O)c1nc2ccccc2nc1C. The summed E-state index contributed by atoms with van der Waals surface area (Å²) >= 11 is 0. The van der Waals surface area contributed by atoms with Crippen molar-refractivity contribution in [3.8, 4) is 0 Å². The van der Waals surface area contributed by atoms with Crippen molar-refractivity contribution in [1.29, 1.82) is 0 Å². The zero-order valence-electron chi connectivity index (χ0n) is 11.1. The molecule has 100 valence electrons. The standard InChI is InChI=1S/C14H17N3O2/c1-3-17(9-8-13(18)19)14-10(2)15-11-6-4-5-7-12(11)16-14/h4-7H,3,8-9H2,1-2H3,(H,18,19). The summed E-state index contributed by atoms with van der Waals surface area (Å²) in [5.74, 6) is -0.0349. The van der Waals surface area contributed by atoms with Gasteiger partial charge in [0.25, 0.3) is 0 Å². The van der Waals surface area contributed by atoms with Crippen molar-refractivity contribution in [2.75, 3.05) is 18.0 Å². The second kappa shape index (κ2) is 5.65. The molecular weight excluding hydrogens is 242 g/mol. The van der Waals surface area contributed by atoms with Crippen molar-refractivity contribution in [2.24, 2.45) is 0 Å². The molecule has 0 saturated heterocycles. The molecule has 5 heteroatoms. The van der Waals surface area contributed by atoms with Gasteiger partial charge in [0.1, 0.15) is 0 Å². The summed E-state index contributed by atoms with van der Waals surface area (Å²) in [6.07, 6.45) is 0.0990. The number of aliphatic carboxylic acids is 1. The Morgan fingerprint density at radius 3 is 2.47 bits per heavy atom. The number of hydrogen-bond donors (Lipinski definition) is 1. The van der Waals surface area contributed by atoms with E-state index in [9.17, 15) is 4.79 Å². The van der Waals surface area contributed by atoms with E-state index in [1.54, 1.807) is 0 Å². The predicted octanol–water partition coefficient (Wildman–Crippen LogP) is 2.24. The fourth-order valence-corrected chi connectivity index (χ4v) is 2.02. The molecule has 1 heterocycles. The first kappa shape index (κ1) is 13.3. The van der Waals surface area contributed by atoms with Crippen LogP contribution in [0.25, 0.3) is 11.0 Å². The Balaban J connectivity index is 2.36. The highest BCUT2D eigenvalue weighted by Crippen LogP contribution is 2.19. The highest BCUT2D eigenvalue weighted by atomic mass is 16.4. The van der Waals surface area contributed by atoms with Gasteiger partial charge in [-0.1, -0.05) is 12.1 Å². The maximum atomic E-state index is 10.7. The molecule has 0 unspecified atom stereocenters. The number of para-hydroxylation sites is 2. The molecular formula is C14H17N3O2. The molecule has 5 nitrogen and oxygen atoms in total. The van der Waals surface area contributed by atoms with Crippen LogP contribution in [0.1, 0.15) is 19.0 Å². The number of carbonyl (C=O) groups is 1. The molecule has 0 saturated carbocycles. The Morgan fingerprint density at radius 2 is 1.89 bits per heavy atom. The van der Waals surface area contributed by atoms with Crippen LogP contribution in [-0.2, 0) is 4.79 Å². The molecule has 1 aromatic heterocycles. The van der Waals surface area contributed by atoms with Gasteiger partial charge in [0.2, 0.25) is 0 Å². The van der Waals surface area contributed by atoms with E-state index in [1.165, 1.54) is 0 Å². The Hall–Kier alpha value is -2.17. The molecule has 0 amide bonds. The minimum Gasteiger partial charge on any atom is -0.481 e. The van der Waals surface area contributed by atoms with E-state index in [0.29, 0.717) is 13.1 Å². The predicted molar refractivity (Wildman–Crippen MR) is 74.4 cm³/mol. The van der Waals surface area contributed by atoms with Crippen molar-refractivity contribution in [1.82, 2.24) is 9.97 Å². The minimum absolute atomic E-state index is 0.0990. The summed E-state index contributed by atoms with van der Waals surface area (Å²) in [4.78, 5) is 21.7. The zero-order chi connectivity index (χ0) is 13.8. The van der Waals surface area contributed by atoms with Crippen LogP contribution in [-0.4, -0.2) is 34.1 Å². The van der Waals surface area contributed by atoms with Crippen molar-refractivity contribution in [3.63, 3.8) is 0 Å². The second-order valence-electron chi connectivity index (χ2n) is 4.34. The second-order valence-corrected chi connectivity index (χ2v) is 4.34. The van der Waals surface area contributed by atoms with Crippen molar-refractivity contribution in [3.05, 3.63) is 30.0 Å². The summed E-state index contributed by atoms with van der Waals surface area (Å²) in [6, 6.07) is 7.69. The average molecular weight is 259 g/mol. The van der Waals surface area contributed by atoms with E-state index < -0.39 is 5.97 Å². The van der Waals surface area contributed by atoms with Gasteiger partial charge in [-0.15, -0.1) is 0 Å². The molecule has 2 rings (SSSR count). The molecule has 0 radical (unpaired) electrons. The quantitative estimate of drug-likeness (QED) is 0.892. The van der Waals surface area contributed by atoms with Gasteiger partial charge in [-0.2, -0.15) is 0 Å². The van der Waals surface area contributed by atoms with Gasteiger partial charge < -0.3 is 10.0 Å². The molecule has 1 aromatic carbocycles. The lowest BCUT2D eigenvalue weighted by molar-refractivity contribution is -0.136. The maximum absolute atomic E-state index is 10.7. The third-order valence-corrected chi connectivity index (χ3v) is 3.00. The molecule has 0 fully saturated rings. The Morgan fingerprint density at radius 1 is 1.26 bits per heavy atom.